The van der Waals surface area contributed by atoms with Gasteiger partial charge >= 0.3 is 5.97 Å². The lowest BCUT2D eigenvalue weighted by Crippen LogP contribution is -2.28. The minimum Gasteiger partial charge on any atom is -0.481 e. The molecule has 152 valence electrons. The molecule has 7 nitrogen and oxygen atoms in total. The molecule has 2 heterocycles. The summed E-state index contributed by atoms with van der Waals surface area (Å²) >= 11 is 8.29. The highest BCUT2D eigenvalue weighted by Crippen LogP contribution is 2.27. The molecule has 2 N–H and O–H groups in total. The highest BCUT2D eigenvalue weighted by atomic mass is 35.5. The lowest BCUT2D eigenvalue weighted by molar-refractivity contribution is -0.137. The van der Waals surface area contributed by atoms with Gasteiger partial charge in [-0.2, -0.15) is 0 Å². The number of carbonyl (C=O) groups excluding carboxylic acids is 1. The molecule has 0 bridgehead atoms. The summed E-state index contributed by atoms with van der Waals surface area (Å²) in [6, 6.07) is 8.51. The molecule has 0 saturated heterocycles. The summed E-state index contributed by atoms with van der Waals surface area (Å²) in [5, 5.41) is 14.0. The largest absolute Gasteiger partial charge is 0.481 e. The van der Waals surface area contributed by atoms with Crippen molar-refractivity contribution in [1.82, 2.24) is 9.55 Å². The molecule has 1 atom stereocenters. The van der Waals surface area contributed by atoms with E-state index in [9.17, 15) is 14.4 Å². The fraction of sp³-hybridized carbons (Fsp3) is 0.263. The number of carboxylic acid groups (broad SMARTS) is 1. The van der Waals surface area contributed by atoms with E-state index in [0.29, 0.717) is 32.5 Å². The molecule has 0 fully saturated rings. The fourth-order valence-corrected chi connectivity index (χ4v) is 4.57. The normalized spacial score (nSPS) is 12.1. The Balaban J connectivity index is 1.88. The van der Waals surface area contributed by atoms with Gasteiger partial charge in [-0.05, 0) is 42.1 Å². The van der Waals surface area contributed by atoms with Crippen molar-refractivity contribution < 1.29 is 14.7 Å². The quantitative estimate of drug-likeness (QED) is 0.395. The standard InChI is InChI=1S/C19H18ClN3O4S2/c1-2-14(17(26)21-12-5-3-11(20)4-6-12)29-19-22-13-8-10-28-16(13)18(27)23(19)9-7-15(24)25/h3-6,8,10,14H,2,7,9H2,1H3,(H,21,26)(H,24,25)/t14-/m0/s1. The third-order valence-corrected chi connectivity index (χ3v) is 6.60. The SMILES string of the molecule is CC[C@H](Sc1nc2ccsc2c(=O)n1CCC(=O)O)C(=O)Nc1ccc(Cl)cc1. The van der Waals surface area contributed by atoms with E-state index in [0.717, 1.165) is 11.8 Å². The monoisotopic (exact) mass is 451 g/mol. The Morgan fingerprint density at radius 1 is 1.31 bits per heavy atom. The summed E-state index contributed by atoms with van der Waals surface area (Å²) in [5.74, 6) is -1.24. The highest BCUT2D eigenvalue weighted by molar-refractivity contribution is 8.00. The highest BCUT2D eigenvalue weighted by Gasteiger charge is 2.22. The number of hydrogen-bond donors (Lipinski definition) is 2. The van der Waals surface area contributed by atoms with Gasteiger partial charge in [-0.15, -0.1) is 11.3 Å². The number of anilines is 1. The number of nitrogens with one attached hydrogen (secondary N) is 1. The molecule has 1 amide bonds. The third kappa shape index (κ3) is 5.17. The van der Waals surface area contributed by atoms with Gasteiger partial charge in [0.05, 0.1) is 17.2 Å². The number of amides is 1. The van der Waals surface area contributed by atoms with Crippen molar-refractivity contribution in [2.24, 2.45) is 0 Å². The van der Waals surface area contributed by atoms with E-state index < -0.39 is 11.2 Å². The Bertz CT molecular complexity index is 1100. The molecular weight excluding hydrogens is 434 g/mol. The Kier molecular flexibility index (Phi) is 6.94. The Morgan fingerprint density at radius 2 is 2.03 bits per heavy atom. The summed E-state index contributed by atoms with van der Waals surface area (Å²) in [6.45, 7) is 1.86. The molecular formula is C19H18ClN3O4S2. The predicted molar refractivity (Wildman–Crippen MR) is 116 cm³/mol. The number of carboxylic acids is 1. The van der Waals surface area contributed by atoms with Gasteiger partial charge in [0, 0.05) is 17.3 Å². The van der Waals surface area contributed by atoms with Crippen molar-refractivity contribution in [3.63, 3.8) is 0 Å². The zero-order valence-corrected chi connectivity index (χ0v) is 17.8. The van der Waals surface area contributed by atoms with Gasteiger partial charge in [0.25, 0.3) is 5.56 Å². The van der Waals surface area contributed by atoms with Crippen LogP contribution in [0.4, 0.5) is 5.69 Å². The van der Waals surface area contributed by atoms with Crippen molar-refractivity contribution >= 4 is 62.5 Å². The molecule has 1 aromatic carbocycles. The minimum atomic E-state index is -1.01. The average Bonchev–Trinajstić information content (AvgIpc) is 3.16. The number of aromatic nitrogens is 2. The van der Waals surface area contributed by atoms with Crippen LogP contribution in [-0.2, 0) is 16.1 Å². The van der Waals surface area contributed by atoms with Crippen molar-refractivity contribution in [2.75, 3.05) is 5.32 Å². The number of carbonyl (C=O) groups is 2. The molecule has 3 rings (SSSR count). The van der Waals surface area contributed by atoms with E-state index in [1.807, 2.05) is 6.92 Å². The van der Waals surface area contributed by atoms with Crippen molar-refractivity contribution in [3.05, 3.63) is 51.1 Å². The maximum Gasteiger partial charge on any atom is 0.305 e. The second-order valence-corrected chi connectivity index (χ2v) is 8.66. The first-order valence-electron chi connectivity index (χ1n) is 8.82. The molecule has 2 aromatic heterocycles. The number of benzene rings is 1. The Morgan fingerprint density at radius 3 is 2.69 bits per heavy atom. The molecule has 0 aliphatic heterocycles. The van der Waals surface area contributed by atoms with Crippen LogP contribution in [0.5, 0.6) is 0 Å². The van der Waals surface area contributed by atoms with E-state index in [2.05, 4.69) is 10.3 Å². The fourth-order valence-electron chi connectivity index (χ4n) is 2.62. The first-order valence-corrected chi connectivity index (χ1v) is 11.0. The Labute approximate surface area is 179 Å². The predicted octanol–water partition coefficient (Wildman–Crippen LogP) is 4.10. The van der Waals surface area contributed by atoms with Crippen LogP contribution >= 0.6 is 34.7 Å². The zero-order valence-electron chi connectivity index (χ0n) is 15.4. The minimum absolute atomic E-state index is 0.00736. The van der Waals surface area contributed by atoms with Crippen molar-refractivity contribution in [1.29, 1.82) is 0 Å². The van der Waals surface area contributed by atoms with Crippen LogP contribution in [0.25, 0.3) is 10.2 Å². The topological polar surface area (TPSA) is 101 Å². The number of rotatable bonds is 8. The molecule has 3 aromatic rings. The van der Waals surface area contributed by atoms with E-state index in [1.54, 1.807) is 35.7 Å². The van der Waals surface area contributed by atoms with E-state index >= 15 is 0 Å². The molecule has 0 aliphatic carbocycles. The number of halogens is 1. The first-order chi connectivity index (χ1) is 13.9. The van der Waals surface area contributed by atoms with Crippen LogP contribution in [0, 0.1) is 0 Å². The second kappa shape index (κ2) is 9.43. The maximum atomic E-state index is 12.8. The number of hydrogen-bond acceptors (Lipinski definition) is 6. The van der Waals surface area contributed by atoms with Gasteiger partial charge in [0.15, 0.2) is 5.16 Å². The first kappa shape index (κ1) is 21.4. The molecule has 0 radical (unpaired) electrons. The van der Waals surface area contributed by atoms with E-state index in [1.165, 1.54) is 15.9 Å². The lowest BCUT2D eigenvalue weighted by Gasteiger charge is -2.17. The van der Waals surface area contributed by atoms with Crippen LogP contribution in [0.1, 0.15) is 19.8 Å². The summed E-state index contributed by atoms with van der Waals surface area (Å²) in [6.07, 6.45) is 0.292. The average molecular weight is 452 g/mol. The molecule has 0 spiro atoms. The summed E-state index contributed by atoms with van der Waals surface area (Å²) in [7, 11) is 0. The number of thiophene rings is 1. The van der Waals surface area contributed by atoms with Gasteiger partial charge in [-0.1, -0.05) is 30.3 Å². The lowest BCUT2D eigenvalue weighted by atomic mass is 10.3. The van der Waals surface area contributed by atoms with Crippen LogP contribution in [0.15, 0.2) is 45.7 Å². The molecule has 0 saturated carbocycles. The van der Waals surface area contributed by atoms with Crippen LogP contribution in [0.2, 0.25) is 5.02 Å². The van der Waals surface area contributed by atoms with E-state index in [-0.39, 0.29) is 24.4 Å². The van der Waals surface area contributed by atoms with Crippen molar-refractivity contribution in [3.8, 4) is 0 Å². The molecule has 0 aliphatic rings. The molecule has 10 heteroatoms. The van der Waals surface area contributed by atoms with Gasteiger partial charge in [-0.3, -0.25) is 19.0 Å². The smallest absolute Gasteiger partial charge is 0.305 e. The second-order valence-electron chi connectivity index (χ2n) is 6.14. The van der Waals surface area contributed by atoms with Gasteiger partial charge in [0.1, 0.15) is 4.70 Å². The number of nitrogens with zero attached hydrogens (tertiary/aromatic N) is 2. The summed E-state index contributed by atoms with van der Waals surface area (Å²) in [5.41, 5.74) is 0.867. The molecule has 0 unspecified atom stereocenters. The number of aliphatic carboxylic acids is 1. The third-order valence-electron chi connectivity index (χ3n) is 4.10. The van der Waals surface area contributed by atoms with Gasteiger partial charge in [0.2, 0.25) is 5.91 Å². The molecule has 29 heavy (non-hydrogen) atoms. The maximum absolute atomic E-state index is 12.8. The van der Waals surface area contributed by atoms with Gasteiger partial charge < -0.3 is 10.4 Å². The number of thioether (sulfide) groups is 1. The van der Waals surface area contributed by atoms with Crippen LogP contribution in [0.3, 0.4) is 0 Å². The van der Waals surface area contributed by atoms with Gasteiger partial charge in [-0.25, -0.2) is 4.98 Å². The zero-order chi connectivity index (χ0) is 21.0. The van der Waals surface area contributed by atoms with Crippen LogP contribution in [-0.4, -0.2) is 31.8 Å². The van der Waals surface area contributed by atoms with Crippen LogP contribution < -0.4 is 10.9 Å². The number of fused-ring (bicyclic) bond motifs is 1. The van der Waals surface area contributed by atoms with Crippen molar-refractivity contribution in [2.45, 2.75) is 36.7 Å². The summed E-state index contributed by atoms with van der Waals surface area (Å²) in [4.78, 5) is 41.1. The Hall–Kier alpha value is -2.36. The van der Waals surface area contributed by atoms with E-state index in [4.69, 9.17) is 16.7 Å². The summed E-state index contributed by atoms with van der Waals surface area (Å²) < 4.78 is 1.81.